The maximum atomic E-state index is 12.6. The average Bonchev–Trinajstić information content (AvgIpc) is 3.20. The number of hydrogen-bond acceptors (Lipinski definition) is 7. The molecule has 7 heteroatoms. The summed E-state index contributed by atoms with van der Waals surface area (Å²) in [5.41, 5.74) is 2.29. The van der Waals surface area contributed by atoms with Crippen molar-refractivity contribution in [3.8, 4) is 23.0 Å². The van der Waals surface area contributed by atoms with Gasteiger partial charge >= 0.3 is 5.97 Å². The van der Waals surface area contributed by atoms with Gasteiger partial charge in [-0.1, -0.05) is 17.7 Å². The Balaban J connectivity index is 1.72. The third-order valence-corrected chi connectivity index (χ3v) is 4.15. The Morgan fingerprint density at radius 1 is 1.00 bits per heavy atom. The second-order valence-corrected chi connectivity index (χ2v) is 6.39. The summed E-state index contributed by atoms with van der Waals surface area (Å²) in [4.78, 5) is 12.6. The van der Waals surface area contributed by atoms with Crippen molar-refractivity contribution in [1.29, 1.82) is 0 Å². The van der Waals surface area contributed by atoms with E-state index in [0.717, 1.165) is 11.1 Å². The van der Waals surface area contributed by atoms with E-state index in [1.54, 1.807) is 25.1 Å². The van der Waals surface area contributed by atoms with Crippen LogP contribution in [0.15, 0.2) is 46.9 Å². The minimum atomic E-state index is -0.698. The molecule has 1 heterocycles. The number of aromatic nitrogens is 2. The van der Waals surface area contributed by atoms with Gasteiger partial charge in [0.1, 0.15) is 0 Å². The largest absolute Gasteiger partial charge is 0.490 e. The van der Waals surface area contributed by atoms with Crippen molar-refractivity contribution in [3.63, 3.8) is 0 Å². The molecule has 0 aliphatic carbocycles. The van der Waals surface area contributed by atoms with Crippen LogP contribution in [0, 0.1) is 6.92 Å². The molecule has 0 aliphatic heterocycles. The van der Waals surface area contributed by atoms with Crippen molar-refractivity contribution in [3.05, 3.63) is 59.5 Å². The van der Waals surface area contributed by atoms with Crippen LogP contribution in [0.1, 0.15) is 48.7 Å². The summed E-state index contributed by atoms with van der Waals surface area (Å²) in [6.45, 7) is 8.39. The van der Waals surface area contributed by atoms with E-state index in [4.69, 9.17) is 18.6 Å². The Hall–Kier alpha value is -3.35. The molecule has 0 radical (unpaired) electrons. The lowest BCUT2D eigenvalue weighted by Gasteiger charge is -2.13. The highest BCUT2D eigenvalue weighted by molar-refractivity contribution is 5.90. The van der Waals surface area contributed by atoms with Gasteiger partial charge in [0, 0.05) is 5.56 Å². The monoisotopic (exact) mass is 396 g/mol. The molecule has 0 unspecified atom stereocenters. The van der Waals surface area contributed by atoms with E-state index in [2.05, 4.69) is 10.2 Å². The molecule has 3 aromatic rings. The Bertz CT molecular complexity index is 966. The fraction of sp³-hybridized carbons (Fsp3) is 0.318. The van der Waals surface area contributed by atoms with Crippen LogP contribution in [-0.4, -0.2) is 29.4 Å². The highest BCUT2D eigenvalue weighted by atomic mass is 16.6. The normalized spacial score (nSPS) is 11.7. The summed E-state index contributed by atoms with van der Waals surface area (Å²) in [5, 5.41) is 8.05. The maximum absolute atomic E-state index is 12.6. The van der Waals surface area contributed by atoms with Crippen LogP contribution in [0.2, 0.25) is 0 Å². The Morgan fingerprint density at radius 3 is 2.38 bits per heavy atom. The van der Waals surface area contributed by atoms with Crippen LogP contribution >= 0.6 is 0 Å². The molecule has 1 aromatic heterocycles. The number of aryl methyl sites for hydroxylation is 1. The Morgan fingerprint density at radius 2 is 1.69 bits per heavy atom. The van der Waals surface area contributed by atoms with Crippen molar-refractivity contribution >= 4 is 5.97 Å². The average molecular weight is 396 g/mol. The first-order valence-corrected chi connectivity index (χ1v) is 9.52. The number of benzene rings is 2. The highest BCUT2D eigenvalue weighted by Gasteiger charge is 2.21. The summed E-state index contributed by atoms with van der Waals surface area (Å²) in [7, 11) is 0. The number of ether oxygens (including phenoxy) is 3. The maximum Gasteiger partial charge on any atom is 0.339 e. The van der Waals surface area contributed by atoms with Gasteiger partial charge in [-0.05, 0) is 58.0 Å². The van der Waals surface area contributed by atoms with Gasteiger partial charge in [-0.2, -0.15) is 0 Å². The number of carbonyl (C=O) groups is 1. The fourth-order valence-corrected chi connectivity index (χ4v) is 2.67. The highest BCUT2D eigenvalue weighted by Crippen LogP contribution is 2.30. The van der Waals surface area contributed by atoms with Gasteiger partial charge in [0.05, 0.1) is 18.8 Å². The standard InChI is InChI=1S/C22H24N2O5/c1-5-26-18-12-11-17(13-19(18)27-6-2)22(25)28-15(4)20-23-24-21(29-20)16-9-7-14(3)8-10-16/h7-13,15H,5-6H2,1-4H3/t15-/m1/s1. The summed E-state index contributed by atoms with van der Waals surface area (Å²) in [5.74, 6) is 1.17. The molecular formula is C22H24N2O5. The molecule has 3 rings (SSSR count). The van der Waals surface area contributed by atoms with E-state index in [1.165, 1.54) is 0 Å². The molecule has 0 saturated carbocycles. The SMILES string of the molecule is CCOc1ccc(C(=O)O[C@H](C)c2nnc(-c3ccc(C)cc3)o2)cc1OCC. The van der Waals surface area contributed by atoms with Crippen molar-refractivity contribution in [2.45, 2.75) is 33.8 Å². The summed E-state index contributed by atoms with van der Waals surface area (Å²) in [6, 6.07) is 12.7. The molecule has 29 heavy (non-hydrogen) atoms. The van der Waals surface area contributed by atoms with Crippen molar-refractivity contribution in [2.75, 3.05) is 13.2 Å². The van der Waals surface area contributed by atoms with Crippen LogP contribution in [0.25, 0.3) is 11.5 Å². The molecule has 152 valence electrons. The van der Waals surface area contributed by atoms with Crippen molar-refractivity contribution in [2.24, 2.45) is 0 Å². The lowest BCUT2D eigenvalue weighted by atomic mass is 10.1. The van der Waals surface area contributed by atoms with Crippen molar-refractivity contribution in [1.82, 2.24) is 10.2 Å². The molecule has 0 amide bonds. The zero-order valence-electron chi connectivity index (χ0n) is 17.0. The van der Waals surface area contributed by atoms with Crippen LogP contribution in [0.5, 0.6) is 11.5 Å². The van der Waals surface area contributed by atoms with Crippen LogP contribution in [0.4, 0.5) is 0 Å². The van der Waals surface area contributed by atoms with E-state index < -0.39 is 12.1 Å². The second-order valence-electron chi connectivity index (χ2n) is 6.39. The van der Waals surface area contributed by atoms with Gasteiger partial charge in [0.2, 0.25) is 5.89 Å². The zero-order valence-corrected chi connectivity index (χ0v) is 17.0. The van der Waals surface area contributed by atoms with Gasteiger partial charge in [-0.3, -0.25) is 0 Å². The third-order valence-electron chi connectivity index (χ3n) is 4.15. The topological polar surface area (TPSA) is 83.7 Å². The molecule has 0 bridgehead atoms. The molecule has 7 nitrogen and oxygen atoms in total. The lowest BCUT2D eigenvalue weighted by Crippen LogP contribution is -2.10. The van der Waals surface area contributed by atoms with Gasteiger partial charge in [-0.15, -0.1) is 10.2 Å². The number of hydrogen-bond donors (Lipinski definition) is 0. The third kappa shape index (κ3) is 4.93. The molecule has 1 atom stereocenters. The number of nitrogens with zero attached hydrogens (tertiary/aromatic N) is 2. The molecular weight excluding hydrogens is 372 g/mol. The van der Waals surface area contributed by atoms with Gasteiger partial charge in [-0.25, -0.2) is 4.79 Å². The zero-order chi connectivity index (χ0) is 20.8. The number of carbonyl (C=O) groups excluding carboxylic acids is 1. The van der Waals surface area contributed by atoms with Crippen molar-refractivity contribution < 1.29 is 23.4 Å². The molecule has 0 aliphatic rings. The molecule has 0 spiro atoms. The van der Waals surface area contributed by atoms with E-state index in [1.807, 2.05) is 45.0 Å². The van der Waals surface area contributed by atoms with Crippen LogP contribution < -0.4 is 9.47 Å². The summed E-state index contributed by atoms with van der Waals surface area (Å²) >= 11 is 0. The van der Waals surface area contributed by atoms with E-state index in [-0.39, 0.29) is 5.89 Å². The second kappa shape index (κ2) is 9.23. The van der Waals surface area contributed by atoms with Gasteiger partial charge in [0.25, 0.3) is 5.89 Å². The molecule has 0 N–H and O–H groups in total. The Kier molecular flexibility index (Phi) is 6.49. The summed E-state index contributed by atoms with van der Waals surface area (Å²) < 4.78 is 22.2. The first kappa shape index (κ1) is 20.4. The van der Waals surface area contributed by atoms with Gasteiger partial charge in [0.15, 0.2) is 17.6 Å². The van der Waals surface area contributed by atoms with Crippen LogP contribution in [0.3, 0.4) is 0 Å². The van der Waals surface area contributed by atoms with Crippen LogP contribution in [-0.2, 0) is 4.74 Å². The minimum Gasteiger partial charge on any atom is -0.490 e. The van der Waals surface area contributed by atoms with Gasteiger partial charge < -0.3 is 18.6 Å². The predicted molar refractivity (Wildman–Crippen MR) is 107 cm³/mol. The molecule has 2 aromatic carbocycles. The number of rotatable bonds is 8. The molecule has 0 fully saturated rings. The minimum absolute atomic E-state index is 0.227. The van der Waals surface area contributed by atoms with E-state index >= 15 is 0 Å². The predicted octanol–water partition coefficient (Wildman–Crippen LogP) is 4.76. The first-order chi connectivity index (χ1) is 14.0. The van der Waals surface area contributed by atoms with E-state index in [0.29, 0.717) is 36.2 Å². The first-order valence-electron chi connectivity index (χ1n) is 9.52. The lowest BCUT2D eigenvalue weighted by molar-refractivity contribution is 0.0279. The quantitative estimate of drug-likeness (QED) is 0.508. The smallest absolute Gasteiger partial charge is 0.339 e. The summed E-state index contributed by atoms with van der Waals surface area (Å²) in [6.07, 6.45) is -0.698. The Labute approximate surface area is 169 Å². The van der Waals surface area contributed by atoms with E-state index in [9.17, 15) is 4.79 Å². The molecule has 0 saturated heterocycles. The number of esters is 1. The fourth-order valence-electron chi connectivity index (χ4n) is 2.67.